The van der Waals surface area contributed by atoms with E-state index in [0.29, 0.717) is 32.6 Å². The molecular weight excluding hydrogens is 486 g/mol. The number of hydrogen-bond acceptors (Lipinski definition) is 5. The molecule has 0 aromatic heterocycles. The van der Waals surface area contributed by atoms with Gasteiger partial charge < -0.3 is 19.8 Å². The van der Waals surface area contributed by atoms with E-state index in [2.05, 4.69) is 20.1 Å². The second-order valence-corrected chi connectivity index (χ2v) is 11.8. The highest BCUT2D eigenvalue weighted by Crippen LogP contribution is 2.66. The lowest BCUT2D eigenvalue weighted by atomic mass is 9.70. The average molecular weight is 526 g/mol. The van der Waals surface area contributed by atoms with Crippen molar-refractivity contribution in [2.75, 3.05) is 37.7 Å². The molecule has 2 unspecified atom stereocenters. The third-order valence-corrected chi connectivity index (χ3v) is 9.92. The zero-order chi connectivity index (χ0) is 26.6. The number of thioether (sulfide) groups is 1. The van der Waals surface area contributed by atoms with E-state index in [9.17, 15) is 19.5 Å². The summed E-state index contributed by atoms with van der Waals surface area (Å²) in [6, 6.07) is 8.86. The van der Waals surface area contributed by atoms with Crippen LogP contribution in [0.15, 0.2) is 55.6 Å². The van der Waals surface area contributed by atoms with Crippen molar-refractivity contribution in [3.05, 3.63) is 55.6 Å². The lowest BCUT2D eigenvalue weighted by molar-refractivity contribution is -0.142. The fraction of sp³-hybridized carbons (Fsp3) is 0.552. The van der Waals surface area contributed by atoms with Gasteiger partial charge in [0.2, 0.25) is 17.7 Å². The number of likely N-dealkylation sites (tertiary alicyclic amines) is 1. The number of aliphatic hydroxyl groups is 1. The number of para-hydroxylation sites is 1. The Morgan fingerprint density at radius 2 is 1.89 bits per heavy atom. The minimum absolute atomic E-state index is 0.00346. The van der Waals surface area contributed by atoms with E-state index in [1.54, 1.807) is 33.7 Å². The average Bonchev–Trinajstić information content (AvgIpc) is 3.55. The SMILES string of the molecule is C=CCN(CCCC)C(=O)C1N(CCCO)C(=O)[C@@H]2[C@@H](C(=O)N(CC=C)c3ccccc3)[C@H]3CCC12S3. The van der Waals surface area contributed by atoms with Crippen LogP contribution in [0.1, 0.15) is 39.0 Å². The smallest absolute Gasteiger partial charge is 0.247 e. The van der Waals surface area contributed by atoms with Gasteiger partial charge in [-0.15, -0.1) is 24.9 Å². The molecule has 3 amide bonds. The first-order valence-electron chi connectivity index (χ1n) is 13.4. The Kier molecular flexibility index (Phi) is 8.80. The van der Waals surface area contributed by atoms with Crippen LogP contribution in [0.5, 0.6) is 0 Å². The molecule has 3 heterocycles. The Balaban J connectivity index is 1.71. The number of hydrogen-bond donors (Lipinski definition) is 1. The number of amides is 3. The first-order valence-corrected chi connectivity index (χ1v) is 14.3. The van der Waals surface area contributed by atoms with E-state index >= 15 is 0 Å². The minimum Gasteiger partial charge on any atom is -0.396 e. The van der Waals surface area contributed by atoms with Crippen LogP contribution in [0.25, 0.3) is 0 Å². The number of carbonyl (C=O) groups is 3. The summed E-state index contributed by atoms with van der Waals surface area (Å²) in [6.07, 6.45) is 7.20. The second kappa shape index (κ2) is 11.9. The molecule has 0 radical (unpaired) electrons. The van der Waals surface area contributed by atoms with Crippen molar-refractivity contribution < 1.29 is 19.5 Å². The number of benzene rings is 1. The standard InChI is InChI=1S/C29H39N3O4S/c1-4-7-18-30(16-5-2)28(36)25-29-15-14-22(37-29)23(24(29)27(35)32(25)19-11-20-33)26(34)31(17-6-3)21-12-9-8-10-13-21/h5-6,8-10,12-13,22-25,33H,2-4,7,11,14-20H2,1H3/t22-,23+,24+,25?,29?/m1/s1. The van der Waals surface area contributed by atoms with E-state index in [0.717, 1.165) is 31.4 Å². The largest absolute Gasteiger partial charge is 0.396 e. The molecule has 5 atom stereocenters. The van der Waals surface area contributed by atoms with Gasteiger partial charge in [0.15, 0.2) is 0 Å². The van der Waals surface area contributed by atoms with Crippen LogP contribution in [-0.2, 0) is 14.4 Å². The maximum atomic E-state index is 14.1. The normalized spacial score (nSPS) is 27.7. The molecule has 0 aliphatic carbocycles. The molecule has 3 fully saturated rings. The van der Waals surface area contributed by atoms with Crippen LogP contribution >= 0.6 is 11.8 Å². The maximum Gasteiger partial charge on any atom is 0.247 e. The first-order chi connectivity index (χ1) is 17.9. The second-order valence-electron chi connectivity index (χ2n) is 10.2. The lowest BCUT2D eigenvalue weighted by Crippen LogP contribution is -2.55. The van der Waals surface area contributed by atoms with E-state index in [4.69, 9.17) is 0 Å². The molecule has 7 nitrogen and oxygen atoms in total. The molecule has 200 valence electrons. The molecule has 8 heteroatoms. The lowest BCUT2D eigenvalue weighted by Gasteiger charge is -2.37. The van der Waals surface area contributed by atoms with Crippen molar-refractivity contribution in [3.63, 3.8) is 0 Å². The Labute approximate surface area is 224 Å². The summed E-state index contributed by atoms with van der Waals surface area (Å²) in [4.78, 5) is 47.5. The topological polar surface area (TPSA) is 81.2 Å². The maximum absolute atomic E-state index is 14.1. The molecule has 2 bridgehead atoms. The number of unbranched alkanes of at least 4 members (excludes halogenated alkanes) is 1. The molecule has 4 rings (SSSR count). The summed E-state index contributed by atoms with van der Waals surface area (Å²) in [7, 11) is 0. The van der Waals surface area contributed by atoms with Crippen molar-refractivity contribution in [1.82, 2.24) is 9.80 Å². The third-order valence-electron chi connectivity index (χ3n) is 7.96. The van der Waals surface area contributed by atoms with Gasteiger partial charge in [0.05, 0.1) is 16.6 Å². The van der Waals surface area contributed by atoms with E-state index in [1.165, 1.54) is 0 Å². The first kappa shape index (κ1) is 27.5. The fourth-order valence-corrected chi connectivity index (χ4v) is 8.61. The van der Waals surface area contributed by atoms with Gasteiger partial charge in [-0.25, -0.2) is 0 Å². The zero-order valence-electron chi connectivity index (χ0n) is 21.8. The predicted molar refractivity (Wildman–Crippen MR) is 148 cm³/mol. The fourth-order valence-electron chi connectivity index (χ4n) is 6.40. The summed E-state index contributed by atoms with van der Waals surface area (Å²) in [5.74, 6) is -1.31. The molecule has 3 aliphatic rings. The molecule has 1 aromatic carbocycles. The number of aliphatic hydroxyl groups excluding tert-OH is 1. The van der Waals surface area contributed by atoms with E-state index in [1.807, 2.05) is 35.2 Å². The van der Waals surface area contributed by atoms with Crippen LogP contribution < -0.4 is 4.90 Å². The van der Waals surface area contributed by atoms with E-state index in [-0.39, 0.29) is 29.6 Å². The van der Waals surface area contributed by atoms with Crippen molar-refractivity contribution in [1.29, 1.82) is 0 Å². The number of carbonyl (C=O) groups excluding carboxylic acids is 3. The Hall–Kier alpha value is -2.58. The zero-order valence-corrected chi connectivity index (χ0v) is 22.6. The van der Waals surface area contributed by atoms with Crippen LogP contribution in [0.2, 0.25) is 0 Å². The van der Waals surface area contributed by atoms with Crippen LogP contribution in [0, 0.1) is 11.8 Å². The molecular formula is C29H39N3O4S. The number of anilines is 1. The van der Waals surface area contributed by atoms with Crippen LogP contribution in [0.4, 0.5) is 5.69 Å². The Morgan fingerprint density at radius 3 is 2.54 bits per heavy atom. The molecule has 3 saturated heterocycles. The number of fused-ring (bicyclic) bond motifs is 1. The minimum atomic E-state index is -0.634. The van der Waals surface area contributed by atoms with Gasteiger partial charge in [0.25, 0.3) is 0 Å². The summed E-state index contributed by atoms with van der Waals surface area (Å²) in [5, 5.41) is 9.55. The van der Waals surface area contributed by atoms with Crippen molar-refractivity contribution >= 4 is 35.2 Å². The van der Waals surface area contributed by atoms with Gasteiger partial charge in [-0.1, -0.05) is 43.7 Å². The quantitative estimate of drug-likeness (QED) is 0.399. The third kappa shape index (κ3) is 4.86. The molecule has 3 aliphatic heterocycles. The van der Waals surface area contributed by atoms with E-state index < -0.39 is 22.6 Å². The molecule has 1 aromatic rings. The van der Waals surface area contributed by atoms with Crippen molar-refractivity contribution in [3.8, 4) is 0 Å². The molecule has 1 N–H and O–H groups in total. The monoisotopic (exact) mass is 525 g/mol. The number of rotatable bonds is 13. The molecule has 1 spiro atoms. The van der Waals surface area contributed by atoms with Crippen LogP contribution in [0.3, 0.4) is 0 Å². The summed E-state index contributed by atoms with van der Waals surface area (Å²) in [5.41, 5.74) is 0.779. The van der Waals surface area contributed by atoms with Crippen LogP contribution in [-0.4, -0.2) is 81.5 Å². The summed E-state index contributed by atoms with van der Waals surface area (Å²) < 4.78 is -0.628. The highest BCUT2D eigenvalue weighted by molar-refractivity contribution is 8.02. The van der Waals surface area contributed by atoms with Gasteiger partial charge in [0, 0.05) is 43.7 Å². The van der Waals surface area contributed by atoms with Gasteiger partial charge >= 0.3 is 0 Å². The van der Waals surface area contributed by atoms with Gasteiger partial charge in [-0.2, -0.15) is 0 Å². The Morgan fingerprint density at radius 1 is 1.16 bits per heavy atom. The highest BCUT2D eigenvalue weighted by atomic mass is 32.2. The van der Waals surface area contributed by atoms with Gasteiger partial charge in [0.1, 0.15) is 6.04 Å². The van der Waals surface area contributed by atoms with Gasteiger partial charge in [-0.05, 0) is 37.8 Å². The predicted octanol–water partition coefficient (Wildman–Crippen LogP) is 3.49. The highest BCUT2D eigenvalue weighted by Gasteiger charge is 2.74. The van der Waals surface area contributed by atoms with Crippen molar-refractivity contribution in [2.45, 2.75) is 55.1 Å². The summed E-state index contributed by atoms with van der Waals surface area (Å²) in [6.45, 7) is 11.4. The molecule has 37 heavy (non-hydrogen) atoms. The Bertz CT molecular complexity index is 1020. The van der Waals surface area contributed by atoms with Gasteiger partial charge in [-0.3, -0.25) is 14.4 Å². The molecule has 0 saturated carbocycles. The number of nitrogens with zero attached hydrogens (tertiary/aromatic N) is 3. The van der Waals surface area contributed by atoms with Crippen molar-refractivity contribution in [2.24, 2.45) is 11.8 Å². The summed E-state index contributed by atoms with van der Waals surface area (Å²) >= 11 is 1.68.